The summed E-state index contributed by atoms with van der Waals surface area (Å²) in [5.41, 5.74) is 13.5. The average Bonchev–Trinajstić information content (AvgIpc) is 3.57. The van der Waals surface area contributed by atoms with E-state index in [-0.39, 0.29) is 18.7 Å². The van der Waals surface area contributed by atoms with Gasteiger partial charge in [0, 0.05) is 54.8 Å². The van der Waals surface area contributed by atoms with E-state index >= 15 is 0 Å². The first-order valence-corrected chi connectivity index (χ1v) is 13.1. The first kappa shape index (κ1) is 25.4. The van der Waals surface area contributed by atoms with Gasteiger partial charge in [0.25, 0.3) is 0 Å². The molecule has 0 saturated heterocycles. The largest absolute Gasteiger partial charge is 0.493 e. The quantitative estimate of drug-likeness (QED) is 0.105. The van der Waals surface area contributed by atoms with Crippen LogP contribution in [-0.4, -0.2) is 56.6 Å². The van der Waals surface area contributed by atoms with E-state index < -0.39 is 0 Å². The highest BCUT2D eigenvalue weighted by Crippen LogP contribution is 2.41. The molecule has 1 saturated carbocycles. The lowest BCUT2D eigenvalue weighted by Gasteiger charge is -2.35. The van der Waals surface area contributed by atoms with Crippen LogP contribution in [0.3, 0.4) is 0 Å². The molecular weight excluding hydrogens is 506 g/mol. The Morgan fingerprint density at radius 1 is 1.12 bits per heavy atom. The fraction of sp³-hybridized carbons (Fsp3) is 0.276. The second-order valence-corrected chi connectivity index (χ2v) is 9.72. The van der Waals surface area contributed by atoms with Gasteiger partial charge < -0.3 is 19.4 Å². The maximum absolute atomic E-state index is 8.55. The molecule has 1 aliphatic rings. The number of ether oxygens (including phenoxy) is 2. The summed E-state index contributed by atoms with van der Waals surface area (Å²) in [6.07, 6.45) is 7.74. The summed E-state index contributed by atoms with van der Waals surface area (Å²) in [4.78, 5) is 12.3. The second-order valence-electron chi connectivity index (χ2n) is 9.72. The molecule has 1 aliphatic carbocycles. The highest BCUT2D eigenvalue weighted by Gasteiger charge is 2.31. The molecule has 202 valence electrons. The molecular formula is C29H29N9O2. The summed E-state index contributed by atoms with van der Waals surface area (Å²) < 4.78 is 15.2. The number of nitrogens with zero attached hydrogens (tertiary/aromatic N) is 8. The number of rotatable bonds is 10. The summed E-state index contributed by atoms with van der Waals surface area (Å²) in [5, 5.41) is 12.2. The number of imidazole rings is 1. The summed E-state index contributed by atoms with van der Waals surface area (Å²) in [7, 11) is 3.69. The first-order valence-electron chi connectivity index (χ1n) is 13.1. The molecule has 0 atom stereocenters. The van der Waals surface area contributed by atoms with Crippen molar-refractivity contribution in [1.29, 1.82) is 0 Å². The van der Waals surface area contributed by atoms with Crippen LogP contribution in [0, 0.1) is 0 Å². The maximum atomic E-state index is 8.55. The van der Waals surface area contributed by atoms with Crippen LogP contribution in [0.4, 0.5) is 5.82 Å². The van der Waals surface area contributed by atoms with Gasteiger partial charge in [-0.2, -0.15) is 0 Å². The van der Waals surface area contributed by atoms with Gasteiger partial charge in [-0.25, -0.2) is 14.5 Å². The molecule has 11 nitrogen and oxygen atoms in total. The molecule has 1 fully saturated rings. The molecule has 0 aliphatic heterocycles. The Kier molecular flexibility index (Phi) is 7.05. The normalized spacial score (nSPS) is 16.4. The molecule has 40 heavy (non-hydrogen) atoms. The Morgan fingerprint density at radius 3 is 2.70 bits per heavy atom. The van der Waals surface area contributed by atoms with Gasteiger partial charge in [0.1, 0.15) is 11.3 Å². The number of anilines is 1. The summed E-state index contributed by atoms with van der Waals surface area (Å²) in [6, 6.07) is 18.4. The van der Waals surface area contributed by atoms with Crippen LogP contribution in [0.2, 0.25) is 0 Å². The number of hydrogen-bond donors (Lipinski definition) is 1. The average molecular weight is 536 g/mol. The number of fused-ring (bicyclic) bond motifs is 1. The third kappa shape index (κ3) is 4.95. The van der Waals surface area contributed by atoms with Crippen molar-refractivity contribution < 1.29 is 9.47 Å². The number of azide groups is 1. The molecule has 0 spiro atoms. The van der Waals surface area contributed by atoms with Gasteiger partial charge in [-0.05, 0) is 41.6 Å². The van der Waals surface area contributed by atoms with Crippen molar-refractivity contribution in [2.75, 3.05) is 25.6 Å². The van der Waals surface area contributed by atoms with Crippen LogP contribution in [0.1, 0.15) is 12.8 Å². The zero-order valence-corrected chi connectivity index (χ0v) is 22.3. The molecule has 6 rings (SSSR count). The standard InChI is InChI=1S/C29H29N9O2/c1-37-13-11-31-29(37)28-34-27(33-21-16-23(17-21)39-2)26-25(19-7-4-3-5-8-19)24(18-38(26)35-28)20-9-6-10-22(15-20)40-14-12-32-36-30/h3-11,13,15,18,21,23H,12,14,16-17H2,1-2H3,(H,33,34,35). The summed E-state index contributed by atoms with van der Waals surface area (Å²) in [5.74, 6) is 2.65. The molecule has 0 bridgehead atoms. The van der Waals surface area contributed by atoms with Gasteiger partial charge in [-0.15, -0.1) is 5.10 Å². The zero-order chi connectivity index (χ0) is 27.5. The number of nitrogens with one attached hydrogen (secondary N) is 1. The Morgan fingerprint density at radius 2 is 1.95 bits per heavy atom. The minimum absolute atomic E-state index is 0.243. The zero-order valence-electron chi connectivity index (χ0n) is 22.3. The molecule has 3 aromatic heterocycles. The van der Waals surface area contributed by atoms with Crippen LogP contribution in [0.15, 0.2) is 78.3 Å². The van der Waals surface area contributed by atoms with Crippen molar-refractivity contribution in [3.63, 3.8) is 0 Å². The smallest absolute Gasteiger partial charge is 0.218 e. The third-order valence-corrected chi connectivity index (χ3v) is 7.15. The molecule has 0 amide bonds. The van der Waals surface area contributed by atoms with E-state index in [1.54, 1.807) is 13.3 Å². The van der Waals surface area contributed by atoms with Crippen LogP contribution in [0.5, 0.6) is 5.75 Å². The molecule has 11 heteroatoms. The molecule has 0 unspecified atom stereocenters. The van der Waals surface area contributed by atoms with Crippen LogP contribution < -0.4 is 10.1 Å². The van der Waals surface area contributed by atoms with E-state index in [0.717, 1.165) is 46.4 Å². The van der Waals surface area contributed by atoms with Crippen LogP contribution in [0.25, 0.3) is 49.9 Å². The number of aryl methyl sites for hydroxylation is 1. The van der Waals surface area contributed by atoms with Gasteiger partial charge in [0.2, 0.25) is 5.82 Å². The van der Waals surface area contributed by atoms with Crippen molar-refractivity contribution in [3.8, 4) is 39.7 Å². The van der Waals surface area contributed by atoms with Crippen LogP contribution in [-0.2, 0) is 11.8 Å². The lowest BCUT2D eigenvalue weighted by Crippen LogP contribution is -2.40. The fourth-order valence-corrected chi connectivity index (χ4v) is 5.05. The molecule has 0 radical (unpaired) electrons. The lowest BCUT2D eigenvalue weighted by molar-refractivity contribution is 0.0328. The van der Waals surface area contributed by atoms with Gasteiger partial charge in [0.05, 0.1) is 19.3 Å². The highest BCUT2D eigenvalue weighted by atomic mass is 16.5. The van der Waals surface area contributed by atoms with Gasteiger partial charge in [0.15, 0.2) is 11.6 Å². The first-order chi connectivity index (χ1) is 19.6. The van der Waals surface area contributed by atoms with Crippen LogP contribution >= 0.6 is 0 Å². The molecule has 1 N–H and O–H groups in total. The predicted molar refractivity (Wildman–Crippen MR) is 153 cm³/mol. The van der Waals surface area contributed by atoms with E-state index in [1.807, 2.05) is 64.9 Å². The lowest BCUT2D eigenvalue weighted by atomic mass is 9.89. The highest BCUT2D eigenvalue weighted by molar-refractivity contribution is 5.99. The summed E-state index contributed by atoms with van der Waals surface area (Å²) in [6.45, 7) is 0.561. The second kappa shape index (κ2) is 11.1. The van der Waals surface area contributed by atoms with Gasteiger partial charge in [-0.3, -0.25) is 0 Å². The van der Waals surface area contributed by atoms with Gasteiger partial charge >= 0.3 is 0 Å². The van der Waals surface area contributed by atoms with Crippen molar-refractivity contribution in [2.24, 2.45) is 12.2 Å². The number of aromatic nitrogens is 5. The predicted octanol–water partition coefficient (Wildman–Crippen LogP) is 5.74. The van der Waals surface area contributed by atoms with E-state index in [9.17, 15) is 0 Å². The SMILES string of the molecule is COC1CC(Nc2nc(-c3nccn3C)nn3cc(-c4cccc(OCCN=[N+]=[N-])c4)c(-c4ccccc4)c23)C1. The Bertz CT molecular complexity index is 1680. The van der Waals surface area contributed by atoms with Gasteiger partial charge in [-0.1, -0.05) is 47.6 Å². The molecule has 2 aromatic carbocycles. The van der Waals surface area contributed by atoms with E-state index in [1.165, 1.54) is 0 Å². The van der Waals surface area contributed by atoms with Crippen molar-refractivity contribution in [3.05, 3.63) is 83.6 Å². The van der Waals surface area contributed by atoms with E-state index in [2.05, 4.69) is 38.5 Å². The monoisotopic (exact) mass is 535 g/mol. The molecule has 3 heterocycles. The van der Waals surface area contributed by atoms with E-state index in [0.29, 0.717) is 24.0 Å². The van der Waals surface area contributed by atoms with Crippen molar-refractivity contribution in [1.82, 2.24) is 24.1 Å². The topological polar surface area (TPSA) is 127 Å². The van der Waals surface area contributed by atoms with E-state index in [4.69, 9.17) is 25.1 Å². The fourth-order valence-electron chi connectivity index (χ4n) is 5.05. The number of methoxy groups -OCH3 is 1. The number of benzene rings is 2. The molecule has 5 aromatic rings. The third-order valence-electron chi connectivity index (χ3n) is 7.15. The van der Waals surface area contributed by atoms with Crippen molar-refractivity contribution in [2.45, 2.75) is 25.0 Å². The number of hydrogen-bond acceptors (Lipinski definition) is 7. The van der Waals surface area contributed by atoms with Crippen molar-refractivity contribution >= 4 is 11.3 Å². The Hall–Kier alpha value is -4.86. The Labute approximate surface area is 231 Å². The minimum atomic E-state index is 0.243. The Balaban J connectivity index is 1.52. The minimum Gasteiger partial charge on any atom is -0.493 e. The maximum Gasteiger partial charge on any atom is 0.218 e. The summed E-state index contributed by atoms with van der Waals surface area (Å²) >= 11 is 0.